The molecule has 0 bridgehead atoms. The zero-order valence-electron chi connectivity index (χ0n) is 14.7. The largest absolute Gasteiger partial charge is 0.485 e. The first kappa shape index (κ1) is 16.8. The van der Waals surface area contributed by atoms with E-state index in [9.17, 15) is 4.79 Å². The Morgan fingerprint density at radius 2 is 1.52 bits per heavy atom. The predicted molar refractivity (Wildman–Crippen MR) is 97.7 cm³/mol. The minimum absolute atomic E-state index is 0.0170. The molecule has 0 atom stereocenters. The molecule has 0 amide bonds. The molecule has 2 aromatic carbocycles. The number of hydrogen-bond donors (Lipinski definition) is 0. The van der Waals surface area contributed by atoms with Gasteiger partial charge >= 0.3 is 0 Å². The van der Waals surface area contributed by atoms with Crippen LogP contribution in [0, 0.1) is 13.8 Å². The third kappa shape index (κ3) is 3.91. The van der Waals surface area contributed by atoms with E-state index in [1.54, 1.807) is 12.1 Å². The molecule has 3 aromatic rings. The van der Waals surface area contributed by atoms with E-state index in [-0.39, 0.29) is 12.4 Å². The molecule has 3 rings (SSSR count). The summed E-state index contributed by atoms with van der Waals surface area (Å²) in [4.78, 5) is 12.3. The summed E-state index contributed by atoms with van der Waals surface area (Å²) in [5, 5.41) is 0. The minimum Gasteiger partial charge on any atom is -0.485 e. The van der Waals surface area contributed by atoms with Gasteiger partial charge in [-0.15, -0.1) is 0 Å². The van der Waals surface area contributed by atoms with Gasteiger partial charge in [0.15, 0.2) is 6.61 Å². The monoisotopic (exact) mass is 335 g/mol. The van der Waals surface area contributed by atoms with Crippen LogP contribution in [0.4, 0.5) is 0 Å². The van der Waals surface area contributed by atoms with E-state index in [1.807, 2.05) is 74.0 Å². The van der Waals surface area contributed by atoms with E-state index in [4.69, 9.17) is 9.47 Å². The third-order valence-corrected chi connectivity index (χ3v) is 4.25. The second-order valence-electron chi connectivity index (χ2n) is 5.94. The van der Waals surface area contributed by atoms with Gasteiger partial charge in [-0.1, -0.05) is 18.2 Å². The number of ether oxygens (including phenoxy) is 2. The van der Waals surface area contributed by atoms with Gasteiger partial charge < -0.3 is 14.0 Å². The number of rotatable bonds is 6. The standard InChI is InChI=1S/C21H21NO3/c1-15-13-20(16(2)22(15)3)21(23)14-24-17-9-11-19(12-10-17)25-18-7-5-4-6-8-18/h4-13H,14H2,1-3H3. The Kier molecular flexibility index (Phi) is 4.89. The maximum absolute atomic E-state index is 12.3. The summed E-state index contributed by atoms with van der Waals surface area (Å²) < 4.78 is 13.4. The highest BCUT2D eigenvalue weighted by atomic mass is 16.5. The molecule has 0 fully saturated rings. The molecular weight excluding hydrogens is 314 g/mol. The van der Waals surface area contributed by atoms with Gasteiger partial charge in [-0.3, -0.25) is 4.79 Å². The Hall–Kier alpha value is -3.01. The van der Waals surface area contributed by atoms with Crippen molar-refractivity contribution in [1.82, 2.24) is 4.57 Å². The van der Waals surface area contributed by atoms with Crippen LogP contribution in [0.2, 0.25) is 0 Å². The van der Waals surface area contributed by atoms with Gasteiger partial charge in [-0.2, -0.15) is 0 Å². The van der Waals surface area contributed by atoms with E-state index in [1.165, 1.54) is 0 Å². The molecule has 4 heteroatoms. The fourth-order valence-electron chi connectivity index (χ4n) is 2.59. The lowest BCUT2D eigenvalue weighted by molar-refractivity contribution is 0.0921. The van der Waals surface area contributed by atoms with Crippen molar-refractivity contribution in [2.75, 3.05) is 6.61 Å². The molecule has 25 heavy (non-hydrogen) atoms. The highest BCUT2D eigenvalue weighted by Crippen LogP contribution is 2.23. The van der Waals surface area contributed by atoms with Crippen LogP contribution >= 0.6 is 0 Å². The second kappa shape index (κ2) is 7.26. The van der Waals surface area contributed by atoms with E-state index < -0.39 is 0 Å². The van der Waals surface area contributed by atoms with E-state index in [2.05, 4.69) is 0 Å². The molecule has 0 saturated heterocycles. The SMILES string of the molecule is Cc1cc(C(=O)COc2ccc(Oc3ccccc3)cc2)c(C)n1C. The van der Waals surface area contributed by atoms with Crippen molar-refractivity contribution in [2.24, 2.45) is 7.05 Å². The minimum atomic E-state index is -0.0224. The van der Waals surface area contributed by atoms with E-state index in [0.717, 1.165) is 22.9 Å². The van der Waals surface area contributed by atoms with Crippen LogP contribution in [0.5, 0.6) is 17.2 Å². The third-order valence-electron chi connectivity index (χ3n) is 4.25. The first-order valence-corrected chi connectivity index (χ1v) is 8.16. The Balaban J connectivity index is 1.60. The second-order valence-corrected chi connectivity index (χ2v) is 5.94. The number of benzene rings is 2. The fraction of sp³-hybridized carbons (Fsp3) is 0.190. The van der Waals surface area contributed by atoms with Crippen molar-refractivity contribution in [3.05, 3.63) is 77.6 Å². The maximum Gasteiger partial charge on any atom is 0.202 e. The summed E-state index contributed by atoms with van der Waals surface area (Å²) in [5.74, 6) is 2.12. The molecule has 0 radical (unpaired) electrons. The van der Waals surface area contributed by atoms with Gasteiger partial charge in [0, 0.05) is 24.0 Å². The highest BCUT2D eigenvalue weighted by molar-refractivity contribution is 5.98. The molecule has 1 heterocycles. The van der Waals surface area contributed by atoms with Crippen LogP contribution in [-0.4, -0.2) is 17.0 Å². The van der Waals surface area contributed by atoms with Gasteiger partial charge in [-0.05, 0) is 56.3 Å². The number of aromatic nitrogens is 1. The van der Waals surface area contributed by atoms with Crippen molar-refractivity contribution in [3.8, 4) is 17.2 Å². The molecule has 0 unspecified atom stereocenters. The summed E-state index contributed by atoms with van der Waals surface area (Å²) in [5.41, 5.74) is 2.73. The average molecular weight is 335 g/mol. The average Bonchev–Trinajstić information content (AvgIpc) is 2.89. The lowest BCUT2D eigenvalue weighted by Crippen LogP contribution is -2.12. The number of ketones is 1. The lowest BCUT2D eigenvalue weighted by atomic mass is 10.1. The number of aryl methyl sites for hydroxylation is 1. The van der Waals surface area contributed by atoms with Crippen LogP contribution in [0.25, 0.3) is 0 Å². The summed E-state index contributed by atoms with van der Waals surface area (Å²) in [6.07, 6.45) is 0. The summed E-state index contributed by atoms with van der Waals surface area (Å²) in [6.45, 7) is 3.94. The molecule has 0 aliphatic heterocycles. The number of para-hydroxylation sites is 1. The van der Waals surface area contributed by atoms with Crippen LogP contribution in [0.3, 0.4) is 0 Å². The van der Waals surface area contributed by atoms with Crippen molar-refractivity contribution in [3.63, 3.8) is 0 Å². The Morgan fingerprint density at radius 1 is 0.920 bits per heavy atom. The molecule has 0 aliphatic rings. The van der Waals surface area contributed by atoms with E-state index in [0.29, 0.717) is 11.3 Å². The van der Waals surface area contributed by atoms with Crippen molar-refractivity contribution in [2.45, 2.75) is 13.8 Å². The van der Waals surface area contributed by atoms with Gasteiger partial charge in [0.2, 0.25) is 5.78 Å². The topological polar surface area (TPSA) is 40.5 Å². The molecule has 4 nitrogen and oxygen atoms in total. The lowest BCUT2D eigenvalue weighted by Gasteiger charge is -2.08. The number of carbonyl (C=O) groups is 1. The maximum atomic E-state index is 12.3. The Labute approximate surface area is 147 Å². The van der Waals surface area contributed by atoms with Crippen molar-refractivity contribution in [1.29, 1.82) is 0 Å². The molecular formula is C21H21NO3. The van der Waals surface area contributed by atoms with Crippen molar-refractivity contribution >= 4 is 5.78 Å². The van der Waals surface area contributed by atoms with Crippen LogP contribution < -0.4 is 9.47 Å². The van der Waals surface area contributed by atoms with Gasteiger partial charge in [-0.25, -0.2) is 0 Å². The predicted octanol–water partition coefficient (Wildman–Crippen LogP) is 4.70. The Morgan fingerprint density at radius 3 is 2.12 bits per heavy atom. The quantitative estimate of drug-likeness (QED) is 0.613. The van der Waals surface area contributed by atoms with Gasteiger partial charge in [0.05, 0.1) is 0 Å². The molecule has 1 aromatic heterocycles. The number of hydrogen-bond acceptors (Lipinski definition) is 3. The molecule has 0 saturated carbocycles. The van der Waals surface area contributed by atoms with Gasteiger partial charge in [0.1, 0.15) is 17.2 Å². The molecule has 0 spiro atoms. The molecule has 0 aliphatic carbocycles. The fourth-order valence-corrected chi connectivity index (χ4v) is 2.59. The van der Waals surface area contributed by atoms with Crippen LogP contribution in [0.1, 0.15) is 21.7 Å². The summed E-state index contributed by atoms with van der Waals surface area (Å²) in [6, 6.07) is 18.7. The number of carbonyl (C=O) groups excluding carboxylic acids is 1. The zero-order valence-corrected chi connectivity index (χ0v) is 14.7. The number of Topliss-reactive ketones (excluding diaryl/α,β-unsaturated/α-hetero) is 1. The van der Waals surface area contributed by atoms with Crippen LogP contribution in [0.15, 0.2) is 60.7 Å². The van der Waals surface area contributed by atoms with Crippen LogP contribution in [-0.2, 0) is 7.05 Å². The summed E-state index contributed by atoms with van der Waals surface area (Å²) in [7, 11) is 1.95. The highest BCUT2D eigenvalue weighted by Gasteiger charge is 2.14. The molecule has 0 N–H and O–H groups in total. The normalized spacial score (nSPS) is 10.5. The van der Waals surface area contributed by atoms with E-state index >= 15 is 0 Å². The van der Waals surface area contributed by atoms with Crippen molar-refractivity contribution < 1.29 is 14.3 Å². The first-order chi connectivity index (χ1) is 12.0. The molecule has 128 valence electrons. The zero-order chi connectivity index (χ0) is 17.8. The smallest absolute Gasteiger partial charge is 0.202 e. The number of nitrogens with zero attached hydrogens (tertiary/aromatic N) is 1. The summed E-state index contributed by atoms with van der Waals surface area (Å²) >= 11 is 0. The first-order valence-electron chi connectivity index (χ1n) is 8.16. The Bertz CT molecular complexity index is 864. The van der Waals surface area contributed by atoms with Gasteiger partial charge in [0.25, 0.3) is 0 Å².